The molecule has 1 heterocycles. The van der Waals surface area contributed by atoms with Crippen LogP contribution in [0.3, 0.4) is 0 Å². The van der Waals surface area contributed by atoms with Crippen LogP contribution in [0.4, 0.5) is 0 Å². The van der Waals surface area contributed by atoms with E-state index in [1.165, 1.54) is 0 Å². The zero-order chi connectivity index (χ0) is 14.5. The molecule has 6 nitrogen and oxygen atoms in total. The predicted molar refractivity (Wildman–Crippen MR) is 74.0 cm³/mol. The molecule has 0 spiro atoms. The number of aromatic hydroxyl groups is 1. The summed E-state index contributed by atoms with van der Waals surface area (Å²) in [6.07, 6.45) is 0. The van der Waals surface area contributed by atoms with E-state index in [-0.39, 0.29) is 5.75 Å². The highest BCUT2D eigenvalue weighted by molar-refractivity contribution is 5.74. The summed E-state index contributed by atoms with van der Waals surface area (Å²) in [7, 11) is 0. The number of piperazine rings is 1. The molecule has 1 fully saturated rings. The fourth-order valence-electron chi connectivity index (χ4n) is 2.37. The number of nitrogens with zero attached hydrogens (tertiary/aromatic N) is 1. The van der Waals surface area contributed by atoms with Crippen molar-refractivity contribution in [2.75, 3.05) is 26.2 Å². The number of phenolic OH excluding ortho intramolecular Hbond substituents is 1. The van der Waals surface area contributed by atoms with Crippen LogP contribution in [0.25, 0.3) is 0 Å². The van der Waals surface area contributed by atoms with Crippen molar-refractivity contribution in [2.24, 2.45) is 0 Å². The number of hydrogen-bond acceptors (Lipinski definition) is 5. The summed E-state index contributed by atoms with van der Waals surface area (Å²) >= 11 is 0. The summed E-state index contributed by atoms with van der Waals surface area (Å²) in [4.78, 5) is 13.1. The molecular weight excluding hydrogens is 260 g/mol. The molecule has 2 rings (SSSR count). The van der Waals surface area contributed by atoms with Crippen molar-refractivity contribution in [1.29, 1.82) is 0 Å². The molecule has 1 aromatic rings. The van der Waals surface area contributed by atoms with Crippen molar-refractivity contribution in [3.05, 3.63) is 23.8 Å². The lowest BCUT2D eigenvalue weighted by Crippen LogP contribution is -2.54. The van der Waals surface area contributed by atoms with Crippen LogP contribution in [-0.2, 0) is 11.3 Å². The van der Waals surface area contributed by atoms with E-state index in [1.807, 2.05) is 11.8 Å². The smallest absolute Gasteiger partial charge is 0.322 e. The third-order valence-corrected chi connectivity index (χ3v) is 3.40. The van der Waals surface area contributed by atoms with Gasteiger partial charge in [-0.2, -0.15) is 0 Å². The lowest BCUT2D eigenvalue weighted by Gasteiger charge is -2.33. The van der Waals surface area contributed by atoms with Crippen LogP contribution in [0.2, 0.25) is 0 Å². The van der Waals surface area contributed by atoms with Gasteiger partial charge in [0.15, 0.2) is 11.5 Å². The number of para-hydroxylation sites is 1. The number of ether oxygens (including phenoxy) is 1. The molecule has 1 unspecified atom stereocenters. The summed E-state index contributed by atoms with van der Waals surface area (Å²) in [5.41, 5.74) is 0.684. The first kappa shape index (κ1) is 14.6. The van der Waals surface area contributed by atoms with E-state index < -0.39 is 12.0 Å². The minimum atomic E-state index is -0.849. The second-order valence-electron chi connectivity index (χ2n) is 4.73. The molecule has 6 heteroatoms. The number of phenols is 1. The van der Waals surface area contributed by atoms with Gasteiger partial charge < -0.3 is 20.3 Å². The molecule has 0 aliphatic carbocycles. The average Bonchev–Trinajstić information content (AvgIpc) is 2.44. The molecule has 1 atom stereocenters. The van der Waals surface area contributed by atoms with E-state index in [9.17, 15) is 15.0 Å². The molecule has 0 bridgehead atoms. The first-order valence-electron chi connectivity index (χ1n) is 6.74. The number of aliphatic carboxylic acids is 1. The van der Waals surface area contributed by atoms with E-state index in [0.29, 0.717) is 37.6 Å². The molecule has 1 aliphatic rings. The number of carbonyl (C=O) groups is 1. The maximum atomic E-state index is 11.2. The Bertz CT molecular complexity index is 478. The topological polar surface area (TPSA) is 82.0 Å². The van der Waals surface area contributed by atoms with E-state index in [0.717, 1.165) is 6.54 Å². The Balaban J connectivity index is 2.16. The summed E-state index contributed by atoms with van der Waals surface area (Å²) < 4.78 is 5.34. The molecule has 0 aromatic heterocycles. The number of benzene rings is 1. The summed E-state index contributed by atoms with van der Waals surface area (Å²) in [5, 5.41) is 22.5. The van der Waals surface area contributed by atoms with Gasteiger partial charge in [-0.1, -0.05) is 12.1 Å². The minimum absolute atomic E-state index is 0.0945. The molecule has 0 saturated carbocycles. The van der Waals surface area contributed by atoms with E-state index in [4.69, 9.17) is 4.74 Å². The Morgan fingerprint density at radius 3 is 3.05 bits per heavy atom. The standard InChI is InChI=1S/C14H20N2O4/c1-2-20-12-5-3-4-10(13(12)17)9-16-7-6-15-8-11(16)14(18)19/h3-5,11,15,17H,2,6-9H2,1H3,(H,18,19). The van der Waals surface area contributed by atoms with Gasteiger partial charge in [-0.15, -0.1) is 0 Å². The highest BCUT2D eigenvalue weighted by Gasteiger charge is 2.28. The van der Waals surface area contributed by atoms with Crippen LogP contribution < -0.4 is 10.1 Å². The van der Waals surface area contributed by atoms with Gasteiger partial charge >= 0.3 is 5.97 Å². The Labute approximate surface area is 118 Å². The predicted octanol–water partition coefficient (Wildman–Crippen LogP) is 0.649. The van der Waals surface area contributed by atoms with Crippen molar-refractivity contribution >= 4 is 5.97 Å². The molecule has 1 aromatic carbocycles. The summed E-state index contributed by atoms with van der Waals surface area (Å²) in [6, 6.07) is 4.73. The highest BCUT2D eigenvalue weighted by Crippen LogP contribution is 2.31. The van der Waals surface area contributed by atoms with Crippen LogP contribution >= 0.6 is 0 Å². The molecule has 110 valence electrons. The van der Waals surface area contributed by atoms with Crippen molar-refractivity contribution in [2.45, 2.75) is 19.5 Å². The zero-order valence-electron chi connectivity index (χ0n) is 11.5. The lowest BCUT2D eigenvalue weighted by molar-refractivity contribution is -0.144. The van der Waals surface area contributed by atoms with Crippen LogP contribution in [0, 0.1) is 0 Å². The van der Waals surface area contributed by atoms with Gasteiger partial charge in [0, 0.05) is 31.7 Å². The summed E-state index contributed by atoms with van der Waals surface area (Å²) in [6.45, 7) is 4.52. The average molecular weight is 280 g/mol. The second kappa shape index (κ2) is 6.58. The van der Waals surface area contributed by atoms with E-state index in [2.05, 4.69) is 5.32 Å². The maximum Gasteiger partial charge on any atom is 0.322 e. The lowest BCUT2D eigenvalue weighted by atomic mass is 10.1. The second-order valence-corrected chi connectivity index (χ2v) is 4.73. The molecule has 1 aliphatic heterocycles. The normalized spacial score (nSPS) is 19.8. The third-order valence-electron chi connectivity index (χ3n) is 3.40. The van der Waals surface area contributed by atoms with Crippen LogP contribution in [0.1, 0.15) is 12.5 Å². The maximum absolute atomic E-state index is 11.2. The molecule has 20 heavy (non-hydrogen) atoms. The number of carboxylic acids is 1. The van der Waals surface area contributed by atoms with Crippen molar-refractivity contribution < 1.29 is 19.7 Å². The van der Waals surface area contributed by atoms with Crippen molar-refractivity contribution in [3.63, 3.8) is 0 Å². The van der Waals surface area contributed by atoms with Gasteiger partial charge in [0.1, 0.15) is 6.04 Å². The van der Waals surface area contributed by atoms with Crippen molar-refractivity contribution in [1.82, 2.24) is 10.2 Å². The van der Waals surface area contributed by atoms with Gasteiger partial charge in [-0.3, -0.25) is 9.69 Å². The van der Waals surface area contributed by atoms with Crippen molar-refractivity contribution in [3.8, 4) is 11.5 Å². The number of nitrogens with one attached hydrogen (secondary N) is 1. The summed E-state index contributed by atoms with van der Waals surface area (Å²) in [5.74, 6) is -0.318. The largest absolute Gasteiger partial charge is 0.504 e. The quantitative estimate of drug-likeness (QED) is 0.734. The minimum Gasteiger partial charge on any atom is -0.504 e. The molecule has 1 saturated heterocycles. The number of carboxylic acid groups (broad SMARTS) is 1. The van der Waals surface area contributed by atoms with Gasteiger partial charge in [0.05, 0.1) is 6.61 Å². The third kappa shape index (κ3) is 3.20. The number of hydrogen-bond donors (Lipinski definition) is 3. The highest BCUT2D eigenvalue weighted by atomic mass is 16.5. The first-order valence-corrected chi connectivity index (χ1v) is 6.74. The first-order chi connectivity index (χ1) is 9.63. The van der Waals surface area contributed by atoms with E-state index >= 15 is 0 Å². The molecule has 0 radical (unpaired) electrons. The SMILES string of the molecule is CCOc1cccc(CN2CCNCC2C(=O)O)c1O. The Morgan fingerprint density at radius 2 is 2.35 bits per heavy atom. The van der Waals surface area contributed by atoms with Gasteiger partial charge in [0.2, 0.25) is 0 Å². The van der Waals surface area contributed by atoms with Gasteiger partial charge in [0.25, 0.3) is 0 Å². The Morgan fingerprint density at radius 1 is 1.55 bits per heavy atom. The Hall–Kier alpha value is -1.79. The van der Waals surface area contributed by atoms with E-state index in [1.54, 1.807) is 18.2 Å². The zero-order valence-corrected chi connectivity index (χ0v) is 11.5. The van der Waals surface area contributed by atoms with Crippen LogP contribution in [0.15, 0.2) is 18.2 Å². The Kier molecular flexibility index (Phi) is 4.81. The monoisotopic (exact) mass is 280 g/mol. The molecular formula is C14H20N2O4. The fraction of sp³-hybridized carbons (Fsp3) is 0.500. The van der Waals surface area contributed by atoms with Gasteiger partial charge in [-0.25, -0.2) is 0 Å². The number of rotatable bonds is 5. The fourth-order valence-corrected chi connectivity index (χ4v) is 2.37. The van der Waals surface area contributed by atoms with Crippen LogP contribution in [0.5, 0.6) is 11.5 Å². The van der Waals surface area contributed by atoms with Crippen LogP contribution in [-0.4, -0.2) is 53.4 Å². The molecule has 0 amide bonds. The molecule has 3 N–H and O–H groups in total. The van der Waals surface area contributed by atoms with Gasteiger partial charge in [-0.05, 0) is 13.0 Å².